The first-order chi connectivity index (χ1) is 14.6. The summed E-state index contributed by atoms with van der Waals surface area (Å²) in [6, 6.07) is 7.49. The van der Waals surface area contributed by atoms with Crippen molar-refractivity contribution >= 4 is 29.3 Å². The Kier molecular flexibility index (Phi) is 6.46. The molecule has 156 valence electrons. The zero-order valence-electron chi connectivity index (χ0n) is 16.1. The van der Waals surface area contributed by atoms with E-state index in [2.05, 4.69) is 20.1 Å². The van der Waals surface area contributed by atoms with Crippen molar-refractivity contribution in [3.63, 3.8) is 0 Å². The number of ether oxygens (including phenoxy) is 2. The zero-order chi connectivity index (χ0) is 20.9. The minimum atomic E-state index is -0.252. The molecule has 0 saturated carbocycles. The van der Waals surface area contributed by atoms with Crippen LogP contribution >= 0.6 is 23.4 Å². The lowest BCUT2D eigenvalue weighted by molar-refractivity contribution is -0.0402. The molecule has 4 rings (SSSR count). The molecule has 0 aliphatic carbocycles. The number of hydrogen-bond acceptors (Lipinski definition) is 8. The number of hydrogen-bond donors (Lipinski definition) is 0. The van der Waals surface area contributed by atoms with E-state index in [0.717, 1.165) is 5.69 Å². The molecule has 3 heterocycles. The molecular formula is C19H19ClN6O3S. The number of carbonyl (C=O) groups excluding carboxylic acids is 1. The van der Waals surface area contributed by atoms with E-state index < -0.39 is 0 Å². The van der Waals surface area contributed by atoms with E-state index in [1.54, 1.807) is 15.9 Å². The van der Waals surface area contributed by atoms with Crippen LogP contribution in [0.5, 0.6) is 5.75 Å². The lowest BCUT2D eigenvalue weighted by atomic mass is 10.2. The molecule has 1 amide bonds. The number of carbonyl (C=O) groups is 1. The summed E-state index contributed by atoms with van der Waals surface area (Å²) < 4.78 is 13.3. The van der Waals surface area contributed by atoms with Crippen molar-refractivity contribution in [2.24, 2.45) is 0 Å². The smallest absolute Gasteiger partial charge is 0.274 e. The summed E-state index contributed by atoms with van der Waals surface area (Å²) in [6.07, 6.45) is 6.16. The first kappa shape index (κ1) is 20.6. The van der Waals surface area contributed by atoms with E-state index in [-0.39, 0.29) is 22.7 Å². The van der Waals surface area contributed by atoms with E-state index >= 15 is 0 Å². The number of morpholine rings is 1. The summed E-state index contributed by atoms with van der Waals surface area (Å²) in [5, 5.41) is 4.84. The van der Waals surface area contributed by atoms with E-state index in [0.29, 0.717) is 37.2 Å². The molecule has 0 radical (unpaired) electrons. The Morgan fingerprint density at radius 1 is 1.37 bits per heavy atom. The zero-order valence-corrected chi connectivity index (χ0v) is 17.7. The second kappa shape index (κ2) is 9.41. The molecule has 1 atom stereocenters. The summed E-state index contributed by atoms with van der Waals surface area (Å²) in [5.74, 6) is 0.470. The number of rotatable bonds is 6. The third kappa shape index (κ3) is 4.72. The van der Waals surface area contributed by atoms with Crippen LogP contribution < -0.4 is 4.74 Å². The van der Waals surface area contributed by atoms with Crippen LogP contribution in [0, 0.1) is 0 Å². The number of halogens is 1. The van der Waals surface area contributed by atoms with E-state index in [1.165, 1.54) is 24.3 Å². The van der Waals surface area contributed by atoms with Crippen molar-refractivity contribution in [2.45, 2.75) is 11.3 Å². The molecule has 9 nitrogen and oxygen atoms in total. The molecule has 0 spiro atoms. The van der Waals surface area contributed by atoms with Gasteiger partial charge in [-0.3, -0.25) is 4.79 Å². The van der Waals surface area contributed by atoms with Crippen molar-refractivity contribution < 1.29 is 14.3 Å². The van der Waals surface area contributed by atoms with Gasteiger partial charge in [-0.1, -0.05) is 23.4 Å². The molecule has 1 aliphatic heterocycles. The molecule has 1 aromatic carbocycles. The minimum Gasteiger partial charge on any atom is -0.491 e. The van der Waals surface area contributed by atoms with Crippen LogP contribution in [0.15, 0.2) is 48.3 Å². The molecule has 3 aromatic rings. The predicted molar refractivity (Wildman–Crippen MR) is 111 cm³/mol. The minimum absolute atomic E-state index is 0.210. The summed E-state index contributed by atoms with van der Waals surface area (Å²) in [7, 11) is 0. The van der Waals surface area contributed by atoms with Gasteiger partial charge in [0.1, 0.15) is 31.1 Å². The second-order valence-corrected chi connectivity index (χ2v) is 7.62. The van der Waals surface area contributed by atoms with Gasteiger partial charge in [-0.2, -0.15) is 5.10 Å². The van der Waals surface area contributed by atoms with Crippen molar-refractivity contribution in [3.8, 4) is 11.4 Å². The molecule has 0 bridgehead atoms. The Bertz CT molecular complexity index is 1000. The van der Waals surface area contributed by atoms with Gasteiger partial charge >= 0.3 is 0 Å². The Morgan fingerprint density at radius 3 is 2.93 bits per heavy atom. The van der Waals surface area contributed by atoms with Crippen LogP contribution in [0.25, 0.3) is 5.69 Å². The molecule has 30 heavy (non-hydrogen) atoms. The van der Waals surface area contributed by atoms with Gasteiger partial charge in [-0.05, 0) is 30.5 Å². The Hall–Kier alpha value is -2.69. The fourth-order valence-electron chi connectivity index (χ4n) is 2.98. The van der Waals surface area contributed by atoms with Crippen LogP contribution in [0.2, 0.25) is 5.02 Å². The molecule has 0 N–H and O–H groups in total. The lowest BCUT2D eigenvalue weighted by Gasteiger charge is -2.32. The predicted octanol–water partition coefficient (Wildman–Crippen LogP) is 2.35. The normalized spacial score (nSPS) is 16.5. The Morgan fingerprint density at radius 2 is 2.20 bits per heavy atom. The average molecular weight is 447 g/mol. The van der Waals surface area contributed by atoms with Crippen LogP contribution in [-0.4, -0.2) is 74.2 Å². The van der Waals surface area contributed by atoms with Crippen LogP contribution in [0.1, 0.15) is 10.5 Å². The van der Waals surface area contributed by atoms with Crippen molar-refractivity contribution in [2.75, 3.05) is 32.6 Å². The molecule has 1 fully saturated rings. The van der Waals surface area contributed by atoms with Crippen molar-refractivity contribution in [3.05, 3.63) is 53.8 Å². The highest BCUT2D eigenvalue weighted by Crippen LogP contribution is 2.20. The number of benzene rings is 1. The highest BCUT2D eigenvalue weighted by atomic mass is 35.5. The molecule has 1 unspecified atom stereocenters. The SMILES string of the molecule is CSc1ncc(Cl)c(C(=O)N2CCOC(COc3ccc(-n4cncn4)cc3)C2)n1. The number of aromatic nitrogens is 5. The summed E-state index contributed by atoms with van der Waals surface area (Å²) in [5.41, 5.74) is 1.10. The van der Waals surface area contributed by atoms with Gasteiger partial charge in [-0.15, -0.1) is 0 Å². The summed E-state index contributed by atoms with van der Waals surface area (Å²) in [4.78, 5) is 26.8. The number of amides is 1. The first-order valence-electron chi connectivity index (χ1n) is 9.19. The maximum Gasteiger partial charge on any atom is 0.274 e. The highest BCUT2D eigenvalue weighted by Gasteiger charge is 2.28. The monoisotopic (exact) mass is 446 g/mol. The maximum absolute atomic E-state index is 12.9. The number of thioether (sulfide) groups is 1. The molecule has 1 saturated heterocycles. The lowest BCUT2D eigenvalue weighted by Crippen LogP contribution is -2.48. The summed E-state index contributed by atoms with van der Waals surface area (Å²) >= 11 is 7.50. The molecular weight excluding hydrogens is 428 g/mol. The van der Waals surface area contributed by atoms with Crippen LogP contribution in [0.3, 0.4) is 0 Å². The van der Waals surface area contributed by atoms with Gasteiger partial charge in [0.25, 0.3) is 5.91 Å². The quantitative estimate of drug-likeness (QED) is 0.420. The van der Waals surface area contributed by atoms with Gasteiger partial charge in [-0.25, -0.2) is 19.6 Å². The topological polar surface area (TPSA) is 95.3 Å². The first-order valence-corrected chi connectivity index (χ1v) is 10.8. The van der Waals surface area contributed by atoms with Gasteiger partial charge in [0, 0.05) is 6.54 Å². The molecule has 11 heteroatoms. The van der Waals surface area contributed by atoms with Gasteiger partial charge in [0.2, 0.25) is 0 Å². The van der Waals surface area contributed by atoms with Crippen molar-refractivity contribution in [1.29, 1.82) is 0 Å². The standard InChI is InChI=1S/C19H19ClN6O3S/c1-30-19-22-8-16(20)17(24-19)18(27)25-6-7-28-15(9-25)10-29-14-4-2-13(3-5-14)26-12-21-11-23-26/h2-5,8,11-12,15H,6-7,9-10H2,1H3. The van der Waals surface area contributed by atoms with Gasteiger partial charge in [0.15, 0.2) is 10.9 Å². The van der Waals surface area contributed by atoms with Crippen LogP contribution in [0.4, 0.5) is 0 Å². The fourth-order valence-corrected chi connectivity index (χ4v) is 3.49. The Labute approximate surface area is 182 Å². The van der Waals surface area contributed by atoms with E-state index in [4.69, 9.17) is 21.1 Å². The number of nitrogens with zero attached hydrogens (tertiary/aromatic N) is 6. The second-order valence-electron chi connectivity index (χ2n) is 6.44. The molecule has 1 aliphatic rings. The third-order valence-corrected chi connectivity index (χ3v) is 5.33. The fraction of sp³-hybridized carbons (Fsp3) is 0.316. The van der Waals surface area contributed by atoms with E-state index in [9.17, 15) is 4.79 Å². The van der Waals surface area contributed by atoms with E-state index in [1.807, 2.05) is 30.5 Å². The summed E-state index contributed by atoms with van der Waals surface area (Å²) in [6.45, 7) is 1.60. The van der Waals surface area contributed by atoms with Crippen molar-refractivity contribution in [1.82, 2.24) is 29.6 Å². The van der Waals surface area contributed by atoms with Gasteiger partial charge in [0.05, 0.1) is 30.1 Å². The Balaban J connectivity index is 1.35. The largest absolute Gasteiger partial charge is 0.491 e. The maximum atomic E-state index is 12.9. The molecule has 2 aromatic heterocycles. The average Bonchev–Trinajstić information content (AvgIpc) is 3.33. The third-order valence-electron chi connectivity index (χ3n) is 4.49. The van der Waals surface area contributed by atoms with Crippen LogP contribution in [-0.2, 0) is 4.74 Å². The highest BCUT2D eigenvalue weighted by molar-refractivity contribution is 7.98. The van der Waals surface area contributed by atoms with Gasteiger partial charge < -0.3 is 14.4 Å².